The number of nitrogens with one attached hydrogen (secondary N) is 2. The fourth-order valence-corrected chi connectivity index (χ4v) is 4.92. The van der Waals surface area contributed by atoms with Crippen LogP contribution in [0.2, 0.25) is 0 Å². The molecular formula is C26H31N3O3. The maximum atomic E-state index is 13.1. The van der Waals surface area contributed by atoms with E-state index in [0.29, 0.717) is 17.8 Å². The average molecular weight is 434 g/mol. The SMILES string of the molecule is O=C(NCC1CCCO1)c1cc(NC(=O)C2CC2c2ccccc2)ccc1N1CCCC1. The van der Waals surface area contributed by atoms with Gasteiger partial charge in [-0.25, -0.2) is 0 Å². The summed E-state index contributed by atoms with van der Waals surface area (Å²) in [5.41, 5.74) is 3.46. The van der Waals surface area contributed by atoms with E-state index in [-0.39, 0.29) is 29.8 Å². The first-order chi connectivity index (χ1) is 15.7. The molecule has 1 aliphatic carbocycles. The van der Waals surface area contributed by atoms with Crippen molar-refractivity contribution in [3.63, 3.8) is 0 Å². The van der Waals surface area contributed by atoms with E-state index < -0.39 is 0 Å². The Hall–Kier alpha value is -2.86. The highest BCUT2D eigenvalue weighted by molar-refractivity contribution is 6.02. The van der Waals surface area contributed by atoms with Crippen LogP contribution in [0.4, 0.5) is 11.4 Å². The first-order valence-corrected chi connectivity index (χ1v) is 11.8. The summed E-state index contributed by atoms with van der Waals surface area (Å²) in [6.07, 6.45) is 5.28. The summed E-state index contributed by atoms with van der Waals surface area (Å²) in [6.45, 7) is 3.21. The van der Waals surface area contributed by atoms with E-state index >= 15 is 0 Å². The van der Waals surface area contributed by atoms with Gasteiger partial charge in [0.25, 0.3) is 5.91 Å². The molecule has 2 aliphatic heterocycles. The minimum absolute atomic E-state index is 0.00699. The third-order valence-electron chi connectivity index (χ3n) is 6.82. The van der Waals surface area contributed by atoms with E-state index in [1.165, 1.54) is 5.56 Å². The van der Waals surface area contributed by atoms with Crippen LogP contribution in [-0.4, -0.2) is 44.2 Å². The van der Waals surface area contributed by atoms with Crippen molar-refractivity contribution in [3.05, 3.63) is 59.7 Å². The lowest BCUT2D eigenvalue weighted by Crippen LogP contribution is -2.33. The lowest BCUT2D eigenvalue weighted by Gasteiger charge is -2.22. The van der Waals surface area contributed by atoms with Gasteiger partial charge in [-0.3, -0.25) is 9.59 Å². The number of hydrogen-bond acceptors (Lipinski definition) is 4. The molecule has 0 radical (unpaired) electrons. The lowest BCUT2D eigenvalue weighted by molar-refractivity contribution is -0.117. The second kappa shape index (κ2) is 9.33. The van der Waals surface area contributed by atoms with Gasteiger partial charge in [0.05, 0.1) is 11.7 Å². The summed E-state index contributed by atoms with van der Waals surface area (Å²) in [4.78, 5) is 28.2. The minimum atomic E-state index is -0.105. The van der Waals surface area contributed by atoms with Crippen LogP contribution in [0.3, 0.4) is 0 Å². The highest BCUT2D eigenvalue weighted by Gasteiger charge is 2.43. The summed E-state index contributed by atoms with van der Waals surface area (Å²) in [7, 11) is 0. The van der Waals surface area contributed by atoms with Crippen molar-refractivity contribution >= 4 is 23.2 Å². The number of ether oxygens (including phenoxy) is 1. The van der Waals surface area contributed by atoms with Crippen LogP contribution in [0.5, 0.6) is 0 Å². The summed E-state index contributed by atoms with van der Waals surface area (Å²) < 4.78 is 5.64. The van der Waals surface area contributed by atoms with Gasteiger partial charge in [-0.1, -0.05) is 30.3 Å². The van der Waals surface area contributed by atoms with Gasteiger partial charge in [-0.05, 0) is 61.8 Å². The highest BCUT2D eigenvalue weighted by atomic mass is 16.5. The molecule has 2 aromatic rings. The van der Waals surface area contributed by atoms with Gasteiger partial charge in [0.1, 0.15) is 0 Å². The molecule has 3 fully saturated rings. The summed E-state index contributed by atoms with van der Waals surface area (Å²) >= 11 is 0. The van der Waals surface area contributed by atoms with Crippen LogP contribution in [0.25, 0.3) is 0 Å². The molecule has 5 rings (SSSR count). The van der Waals surface area contributed by atoms with Crippen LogP contribution in [0, 0.1) is 5.92 Å². The molecule has 2 saturated heterocycles. The Bertz CT molecular complexity index is 966. The maximum absolute atomic E-state index is 13.1. The molecule has 6 nitrogen and oxygen atoms in total. The van der Waals surface area contributed by atoms with E-state index in [2.05, 4.69) is 27.7 Å². The maximum Gasteiger partial charge on any atom is 0.253 e. The predicted molar refractivity (Wildman–Crippen MR) is 125 cm³/mol. The molecule has 3 unspecified atom stereocenters. The smallest absolute Gasteiger partial charge is 0.253 e. The number of carbonyl (C=O) groups is 2. The number of hydrogen-bond donors (Lipinski definition) is 2. The minimum Gasteiger partial charge on any atom is -0.376 e. The third kappa shape index (κ3) is 4.65. The van der Waals surface area contributed by atoms with E-state index in [4.69, 9.17) is 4.74 Å². The fourth-order valence-electron chi connectivity index (χ4n) is 4.92. The molecule has 0 bridgehead atoms. The van der Waals surface area contributed by atoms with Crippen molar-refractivity contribution < 1.29 is 14.3 Å². The normalized spacial score (nSPS) is 24.4. The molecule has 2 N–H and O–H groups in total. The van der Waals surface area contributed by atoms with Gasteiger partial charge >= 0.3 is 0 Å². The zero-order chi connectivity index (χ0) is 21.9. The Morgan fingerprint density at radius 3 is 2.59 bits per heavy atom. The molecule has 32 heavy (non-hydrogen) atoms. The molecule has 0 aromatic heterocycles. The zero-order valence-corrected chi connectivity index (χ0v) is 18.4. The van der Waals surface area contributed by atoms with E-state index in [0.717, 1.165) is 57.5 Å². The third-order valence-corrected chi connectivity index (χ3v) is 6.82. The van der Waals surface area contributed by atoms with Crippen molar-refractivity contribution in [2.24, 2.45) is 5.92 Å². The molecule has 3 atom stereocenters. The summed E-state index contributed by atoms with van der Waals surface area (Å²) in [5.74, 6) is 0.201. The molecule has 3 aliphatic rings. The fraction of sp³-hybridized carbons (Fsp3) is 0.462. The van der Waals surface area contributed by atoms with Gasteiger partial charge in [0, 0.05) is 43.5 Å². The first kappa shape index (κ1) is 21.0. The largest absolute Gasteiger partial charge is 0.376 e. The summed E-state index contributed by atoms with van der Waals surface area (Å²) in [5, 5.41) is 6.10. The van der Waals surface area contributed by atoms with Gasteiger partial charge in [-0.15, -0.1) is 0 Å². The van der Waals surface area contributed by atoms with Gasteiger partial charge in [-0.2, -0.15) is 0 Å². The molecular weight excluding hydrogens is 402 g/mol. The van der Waals surface area contributed by atoms with Gasteiger partial charge in [0.15, 0.2) is 0 Å². The Kier molecular flexibility index (Phi) is 6.12. The molecule has 1 saturated carbocycles. The summed E-state index contributed by atoms with van der Waals surface area (Å²) in [6, 6.07) is 15.9. The van der Waals surface area contributed by atoms with Crippen LogP contribution in [0.15, 0.2) is 48.5 Å². The quantitative estimate of drug-likeness (QED) is 0.694. The van der Waals surface area contributed by atoms with Crippen molar-refractivity contribution in [1.82, 2.24) is 5.32 Å². The van der Waals surface area contributed by atoms with Crippen LogP contribution >= 0.6 is 0 Å². The Labute approximate surface area is 189 Å². The van der Waals surface area contributed by atoms with Gasteiger partial charge < -0.3 is 20.3 Å². The second-order valence-corrected chi connectivity index (χ2v) is 9.12. The monoisotopic (exact) mass is 433 g/mol. The Balaban J connectivity index is 1.29. The molecule has 0 spiro atoms. The molecule has 168 valence electrons. The molecule has 6 heteroatoms. The van der Waals surface area contributed by atoms with Crippen molar-refractivity contribution in [1.29, 1.82) is 0 Å². The number of nitrogens with zero attached hydrogens (tertiary/aromatic N) is 1. The standard InChI is InChI=1S/C26H31N3O3/c30-25(27-17-20-9-6-14-32-20)23-15-19(10-11-24(23)29-12-4-5-13-29)28-26(31)22-16-21(22)18-7-2-1-3-8-18/h1-3,7-8,10-11,15,20-22H,4-6,9,12-14,16-17H2,(H,27,30)(H,28,31). The van der Waals surface area contributed by atoms with E-state index in [9.17, 15) is 9.59 Å². The number of benzene rings is 2. The first-order valence-electron chi connectivity index (χ1n) is 11.8. The second-order valence-electron chi connectivity index (χ2n) is 9.12. The number of anilines is 2. The Morgan fingerprint density at radius 2 is 1.84 bits per heavy atom. The predicted octanol–water partition coefficient (Wildman–Crippen LogP) is 3.94. The number of amides is 2. The van der Waals surface area contributed by atoms with Crippen molar-refractivity contribution in [2.45, 2.75) is 44.1 Å². The topological polar surface area (TPSA) is 70.7 Å². The number of rotatable bonds is 7. The molecule has 2 aromatic carbocycles. The highest BCUT2D eigenvalue weighted by Crippen LogP contribution is 2.48. The van der Waals surface area contributed by atoms with Gasteiger partial charge in [0.2, 0.25) is 5.91 Å². The van der Waals surface area contributed by atoms with Crippen LogP contribution < -0.4 is 15.5 Å². The van der Waals surface area contributed by atoms with E-state index in [1.54, 1.807) is 0 Å². The van der Waals surface area contributed by atoms with Crippen molar-refractivity contribution in [2.75, 3.05) is 36.5 Å². The zero-order valence-electron chi connectivity index (χ0n) is 18.4. The molecule has 2 heterocycles. The van der Waals surface area contributed by atoms with Crippen LogP contribution in [0.1, 0.15) is 53.9 Å². The van der Waals surface area contributed by atoms with E-state index in [1.807, 2.05) is 36.4 Å². The Morgan fingerprint density at radius 1 is 1.03 bits per heavy atom. The van der Waals surface area contributed by atoms with Crippen LogP contribution in [-0.2, 0) is 9.53 Å². The van der Waals surface area contributed by atoms with Crippen molar-refractivity contribution in [3.8, 4) is 0 Å². The molecule has 2 amide bonds. The number of carbonyl (C=O) groups excluding carboxylic acids is 2. The average Bonchev–Trinajstić information content (AvgIpc) is 3.18. The lowest BCUT2D eigenvalue weighted by atomic mass is 10.1.